The van der Waals surface area contributed by atoms with Crippen LogP contribution in [0.4, 0.5) is 0 Å². The summed E-state index contributed by atoms with van der Waals surface area (Å²) >= 11 is 0. The maximum Gasteiger partial charge on any atom is 0.252 e. The van der Waals surface area contributed by atoms with E-state index in [-0.39, 0.29) is 12.0 Å². The van der Waals surface area contributed by atoms with Crippen molar-refractivity contribution in [2.75, 3.05) is 26.4 Å². The fraction of sp³-hybridized carbons (Fsp3) is 0.750. The van der Waals surface area contributed by atoms with Crippen molar-refractivity contribution in [3.05, 3.63) is 17.5 Å². The fourth-order valence-corrected chi connectivity index (χ4v) is 3.16. The van der Waals surface area contributed by atoms with Crippen LogP contribution in [-0.4, -0.2) is 53.1 Å². The first kappa shape index (κ1) is 15.5. The molecule has 6 heteroatoms. The molecule has 22 heavy (non-hydrogen) atoms. The van der Waals surface area contributed by atoms with E-state index in [0.717, 1.165) is 50.4 Å². The highest BCUT2D eigenvalue weighted by Gasteiger charge is 2.31. The second-order valence-corrected chi connectivity index (χ2v) is 6.35. The molecule has 2 atom stereocenters. The third-order valence-electron chi connectivity index (χ3n) is 4.54. The molecule has 1 amide bonds. The van der Waals surface area contributed by atoms with E-state index in [4.69, 9.17) is 9.47 Å². The monoisotopic (exact) mass is 307 g/mol. The molecule has 122 valence electrons. The van der Waals surface area contributed by atoms with Crippen LogP contribution in [0.15, 0.2) is 6.07 Å². The third kappa shape index (κ3) is 3.50. The summed E-state index contributed by atoms with van der Waals surface area (Å²) in [5.41, 5.74) is 2.04. The van der Waals surface area contributed by atoms with Crippen LogP contribution in [0.25, 0.3) is 0 Å². The summed E-state index contributed by atoms with van der Waals surface area (Å²) in [5.74, 6) is 0.530. The van der Waals surface area contributed by atoms with E-state index in [9.17, 15) is 4.79 Å². The van der Waals surface area contributed by atoms with Crippen LogP contribution in [0.2, 0.25) is 0 Å². The number of hydrogen-bond acceptors (Lipinski definition) is 4. The van der Waals surface area contributed by atoms with Crippen molar-refractivity contribution in [3.8, 4) is 0 Å². The number of amides is 1. The van der Waals surface area contributed by atoms with Crippen LogP contribution in [0.5, 0.6) is 0 Å². The predicted octanol–water partition coefficient (Wildman–Crippen LogP) is 1.27. The van der Waals surface area contributed by atoms with Gasteiger partial charge in [-0.05, 0) is 32.3 Å². The van der Waals surface area contributed by atoms with Gasteiger partial charge in [0, 0.05) is 38.4 Å². The quantitative estimate of drug-likeness (QED) is 0.822. The van der Waals surface area contributed by atoms with Crippen molar-refractivity contribution in [2.45, 2.75) is 38.8 Å². The maximum atomic E-state index is 12.8. The molecule has 2 aliphatic heterocycles. The zero-order valence-electron chi connectivity index (χ0n) is 13.5. The first-order chi connectivity index (χ1) is 10.6. The van der Waals surface area contributed by atoms with Crippen molar-refractivity contribution in [3.63, 3.8) is 0 Å². The van der Waals surface area contributed by atoms with Crippen LogP contribution < -0.4 is 0 Å². The lowest BCUT2D eigenvalue weighted by molar-refractivity contribution is -0.142. The maximum absolute atomic E-state index is 12.8. The van der Waals surface area contributed by atoms with E-state index in [1.165, 1.54) is 0 Å². The van der Waals surface area contributed by atoms with Gasteiger partial charge in [0.15, 0.2) is 0 Å². The van der Waals surface area contributed by atoms with Gasteiger partial charge >= 0.3 is 0 Å². The Morgan fingerprint density at radius 3 is 2.91 bits per heavy atom. The molecule has 2 fully saturated rings. The van der Waals surface area contributed by atoms with Gasteiger partial charge in [-0.25, -0.2) is 0 Å². The number of carbonyl (C=O) groups excluding carboxylic acids is 1. The van der Waals surface area contributed by atoms with Crippen LogP contribution in [-0.2, 0) is 27.9 Å². The van der Waals surface area contributed by atoms with Crippen molar-refractivity contribution in [1.82, 2.24) is 14.7 Å². The number of aryl methyl sites for hydroxylation is 2. The summed E-state index contributed by atoms with van der Waals surface area (Å²) < 4.78 is 12.9. The molecule has 3 heterocycles. The Labute approximate surface area is 131 Å². The molecule has 3 rings (SSSR count). The highest BCUT2D eigenvalue weighted by atomic mass is 16.5. The standard InChI is InChI=1S/C16H25N3O3/c1-12-8-14(17-18(12)2)10-19(9-13-5-7-21-11-13)16(20)15-4-3-6-22-15/h8,13,15H,3-7,9-11H2,1-2H3. The van der Waals surface area contributed by atoms with Crippen LogP contribution in [0.1, 0.15) is 30.7 Å². The van der Waals surface area contributed by atoms with Crippen molar-refractivity contribution in [2.24, 2.45) is 13.0 Å². The topological polar surface area (TPSA) is 56.6 Å². The summed E-state index contributed by atoms with van der Waals surface area (Å²) in [6, 6.07) is 2.04. The van der Waals surface area contributed by atoms with Gasteiger partial charge in [0.2, 0.25) is 0 Å². The Morgan fingerprint density at radius 2 is 2.32 bits per heavy atom. The Morgan fingerprint density at radius 1 is 1.45 bits per heavy atom. The van der Waals surface area contributed by atoms with Crippen molar-refractivity contribution >= 4 is 5.91 Å². The molecule has 0 aromatic carbocycles. The molecule has 2 saturated heterocycles. The summed E-state index contributed by atoms with van der Waals surface area (Å²) in [6.07, 6.45) is 2.56. The minimum absolute atomic E-state index is 0.104. The SMILES string of the molecule is Cc1cc(CN(CC2CCOC2)C(=O)C2CCCO2)nn1C. The number of nitrogens with zero attached hydrogens (tertiary/aromatic N) is 3. The van der Waals surface area contributed by atoms with Crippen LogP contribution in [0.3, 0.4) is 0 Å². The molecule has 2 unspecified atom stereocenters. The largest absolute Gasteiger partial charge is 0.381 e. The molecule has 0 N–H and O–H groups in total. The smallest absolute Gasteiger partial charge is 0.252 e. The Bertz CT molecular complexity index is 497. The first-order valence-electron chi connectivity index (χ1n) is 8.11. The summed E-state index contributed by atoms with van der Waals surface area (Å²) in [6.45, 7) is 5.55. The summed E-state index contributed by atoms with van der Waals surface area (Å²) in [4.78, 5) is 14.7. The normalized spacial score (nSPS) is 24.8. The summed E-state index contributed by atoms with van der Waals surface area (Å²) in [5, 5.41) is 4.48. The lowest BCUT2D eigenvalue weighted by Gasteiger charge is -2.26. The van der Waals surface area contributed by atoms with E-state index in [1.54, 1.807) is 0 Å². The fourth-order valence-electron chi connectivity index (χ4n) is 3.16. The minimum atomic E-state index is -0.271. The van der Waals surface area contributed by atoms with E-state index in [2.05, 4.69) is 5.10 Å². The highest BCUT2D eigenvalue weighted by Crippen LogP contribution is 2.20. The Kier molecular flexibility index (Phi) is 4.78. The number of aromatic nitrogens is 2. The van der Waals surface area contributed by atoms with Gasteiger partial charge in [-0.1, -0.05) is 0 Å². The number of carbonyl (C=O) groups is 1. The Hall–Kier alpha value is -1.40. The summed E-state index contributed by atoms with van der Waals surface area (Å²) in [7, 11) is 1.93. The molecule has 0 spiro atoms. The zero-order chi connectivity index (χ0) is 15.5. The molecular formula is C16H25N3O3. The molecule has 1 aromatic rings. The lowest BCUT2D eigenvalue weighted by Crippen LogP contribution is -2.41. The number of rotatable bonds is 5. The molecular weight excluding hydrogens is 282 g/mol. The first-order valence-corrected chi connectivity index (χ1v) is 8.11. The van der Waals surface area contributed by atoms with E-state index in [1.807, 2.05) is 29.6 Å². The molecule has 0 aliphatic carbocycles. The van der Waals surface area contributed by atoms with Crippen molar-refractivity contribution < 1.29 is 14.3 Å². The van der Waals surface area contributed by atoms with Gasteiger partial charge in [0.05, 0.1) is 18.8 Å². The second kappa shape index (κ2) is 6.79. The molecule has 0 saturated carbocycles. The average molecular weight is 307 g/mol. The van der Waals surface area contributed by atoms with Crippen LogP contribution in [0, 0.1) is 12.8 Å². The second-order valence-electron chi connectivity index (χ2n) is 6.35. The molecule has 6 nitrogen and oxygen atoms in total. The van der Waals surface area contributed by atoms with Gasteiger partial charge < -0.3 is 14.4 Å². The molecule has 1 aromatic heterocycles. The predicted molar refractivity (Wildman–Crippen MR) is 81.3 cm³/mol. The van der Waals surface area contributed by atoms with Gasteiger partial charge in [0.25, 0.3) is 5.91 Å². The molecule has 2 aliphatic rings. The minimum Gasteiger partial charge on any atom is -0.381 e. The lowest BCUT2D eigenvalue weighted by atomic mass is 10.1. The number of hydrogen-bond donors (Lipinski definition) is 0. The van der Waals surface area contributed by atoms with Gasteiger partial charge in [-0.15, -0.1) is 0 Å². The molecule has 0 radical (unpaired) electrons. The van der Waals surface area contributed by atoms with Crippen molar-refractivity contribution in [1.29, 1.82) is 0 Å². The third-order valence-corrected chi connectivity index (χ3v) is 4.54. The zero-order valence-corrected chi connectivity index (χ0v) is 13.5. The average Bonchev–Trinajstić information content (AvgIpc) is 3.22. The van der Waals surface area contributed by atoms with Gasteiger partial charge in [0.1, 0.15) is 6.10 Å². The van der Waals surface area contributed by atoms with Gasteiger partial charge in [-0.3, -0.25) is 9.48 Å². The van der Waals surface area contributed by atoms with Gasteiger partial charge in [-0.2, -0.15) is 5.10 Å². The van der Waals surface area contributed by atoms with Crippen LogP contribution >= 0.6 is 0 Å². The van der Waals surface area contributed by atoms with E-state index >= 15 is 0 Å². The Balaban J connectivity index is 1.70. The highest BCUT2D eigenvalue weighted by molar-refractivity contribution is 5.81. The molecule has 0 bridgehead atoms. The van der Waals surface area contributed by atoms with E-state index < -0.39 is 0 Å². The number of ether oxygens (including phenoxy) is 2. The van der Waals surface area contributed by atoms with E-state index in [0.29, 0.717) is 19.1 Å².